The zero-order valence-electron chi connectivity index (χ0n) is 15.1. The summed E-state index contributed by atoms with van der Waals surface area (Å²) < 4.78 is 5.35. The average molecular weight is 380 g/mol. The quantitative estimate of drug-likeness (QED) is 0.608. The van der Waals surface area contributed by atoms with Gasteiger partial charge in [0, 0.05) is 18.4 Å². The predicted molar refractivity (Wildman–Crippen MR) is 98.8 cm³/mol. The number of nitrogens with zero attached hydrogens (tertiary/aromatic N) is 1. The van der Waals surface area contributed by atoms with Crippen LogP contribution in [0.5, 0.6) is 0 Å². The number of esters is 1. The third kappa shape index (κ3) is 4.35. The molecule has 7 nitrogen and oxygen atoms in total. The number of hydrogen-bond acceptors (Lipinski definition) is 4. The number of rotatable bonds is 5. The van der Waals surface area contributed by atoms with Crippen molar-refractivity contribution < 1.29 is 19.1 Å². The molecule has 3 amide bonds. The third-order valence-corrected chi connectivity index (χ3v) is 4.18. The minimum absolute atomic E-state index is 0.167. The standard InChI is InChI=1S/C18H22ClN3O4/c1-10(2)26-17(24)15-11(3)22(4)18(25)21-16(15)12-6-5-7-13(8-12)20-14(23)9-19/h5-8,10,16H,9H2,1-4H3,(H,20,23)(H,21,25)/t16-/m0/s1. The van der Waals surface area contributed by atoms with Gasteiger partial charge in [0.1, 0.15) is 5.88 Å². The maximum Gasteiger partial charge on any atom is 0.338 e. The first-order valence-corrected chi connectivity index (χ1v) is 8.69. The summed E-state index contributed by atoms with van der Waals surface area (Å²) in [4.78, 5) is 37.7. The lowest BCUT2D eigenvalue weighted by molar-refractivity contribution is -0.143. The van der Waals surface area contributed by atoms with Gasteiger partial charge in [0.05, 0.1) is 17.7 Å². The summed E-state index contributed by atoms with van der Waals surface area (Å²) in [5.41, 5.74) is 2.03. The first-order valence-electron chi connectivity index (χ1n) is 8.16. The van der Waals surface area contributed by atoms with E-state index in [4.69, 9.17) is 16.3 Å². The van der Waals surface area contributed by atoms with Crippen molar-refractivity contribution in [3.8, 4) is 0 Å². The number of amides is 3. The van der Waals surface area contributed by atoms with E-state index < -0.39 is 12.0 Å². The number of hydrogen-bond donors (Lipinski definition) is 2. The lowest BCUT2D eigenvalue weighted by atomic mass is 9.94. The van der Waals surface area contributed by atoms with E-state index in [-0.39, 0.29) is 23.9 Å². The highest BCUT2D eigenvalue weighted by molar-refractivity contribution is 6.29. The molecule has 0 fully saturated rings. The van der Waals surface area contributed by atoms with Gasteiger partial charge in [-0.1, -0.05) is 12.1 Å². The molecule has 8 heteroatoms. The number of carbonyl (C=O) groups is 3. The average Bonchev–Trinajstić information content (AvgIpc) is 2.58. The Morgan fingerprint density at radius 3 is 2.69 bits per heavy atom. The summed E-state index contributed by atoms with van der Waals surface area (Å²) >= 11 is 5.51. The van der Waals surface area contributed by atoms with Crippen LogP contribution in [0.1, 0.15) is 32.4 Å². The maximum atomic E-state index is 12.6. The van der Waals surface area contributed by atoms with Gasteiger partial charge in [0.2, 0.25) is 5.91 Å². The van der Waals surface area contributed by atoms with Gasteiger partial charge in [-0.2, -0.15) is 0 Å². The molecule has 0 unspecified atom stereocenters. The molecule has 0 saturated heterocycles. The van der Waals surface area contributed by atoms with Crippen LogP contribution in [-0.4, -0.2) is 41.8 Å². The SMILES string of the molecule is CC1=C(C(=O)OC(C)C)[C@H](c2cccc(NC(=O)CCl)c2)NC(=O)N1C. The Morgan fingerprint density at radius 1 is 1.38 bits per heavy atom. The van der Waals surface area contributed by atoms with Crippen LogP contribution >= 0.6 is 11.6 Å². The highest BCUT2D eigenvalue weighted by atomic mass is 35.5. The van der Waals surface area contributed by atoms with E-state index >= 15 is 0 Å². The van der Waals surface area contributed by atoms with Gasteiger partial charge in [-0.25, -0.2) is 9.59 Å². The summed E-state index contributed by atoms with van der Waals surface area (Å²) in [6.07, 6.45) is -0.291. The van der Waals surface area contributed by atoms with Crippen molar-refractivity contribution in [3.63, 3.8) is 0 Å². The van der Waals surface area contributed by atoms with Gasteiger partial charge in [0.25, 0.3) is 0 Å². The van der Waals surface area contributed by atoms with Crippen molar-refractivity contribution in [2.24, 2.45) is 0 Å². The van der Waals surface area contributed by atoms with Gasteiger partial charge in [-0.15, -0.1) is 11.6 Å². The molecule has 1 heterocycles. The van der Waals surface area contributed by atoms with Crippen LogP contribution < -0.4 is 10.6 Å². The third-order valence-electron chi connectivity index (χ3n) is 3.94. The van der Waals surface area contributed by atoms with Crippen molar-refractivity contribution in [1.82, 2.24) is 10.2 Å². The largest absolute Gasteiger partial charge is 0.459 e. The van der Waals surface area contributed by atoms with Crippen molar-refractivity contribution in [3.05, 3.63) is 41.1 Å². The van der Waals surface area contributed by atoms with E-state index in [1.165, 1.54) is 4.90 Å². The van der Waals surface area contributed by atoms with Crippen LogP contribution in [0.15, 0.2) is 35.5 Å². The lowest BCUT2D eigenvalue weighted by Crippen LogP contribution is -2.46. The first kappa shape index (κ1) is 19.8. The molecule has 0 spiro atoms. The molecule has 0 saturated carbocycles. The molecule has 0 radical (unpaired) electrons. The summed E-state index contributed by atoms with van der Waals surface area (Å²) in [5.74, 6) is -1.01. The zero-order valence-corrected chi connectivity index (χ0v) is 15.9. The number of carbonyl (C=O) groups excluding carboxylic acids is 3. The second kappa shape index (κ2) is 8.23. The maximum absolute atomic E-state index is 12.6. The fourth-order valence-electron chi connectivity index (χ4n) is 2.62. The van der Waals surface area contributed by atoms with Crippen molar-refractivity contribution in [2.45, 2.75) is 32.9 Å². The smallest absolute Gasteiger partial charge is 0.338 e. The normalized spacial score (nSPS) is 17.2. The second-order valence-electron chi connectivity index (χ2n) is 6.20. The van der Waals surface area contributed by atoms with E-state index in [1.807, 2.05) is 0 Å². The molecule has 1 atom stereocenters. The molecular weight excluding hydrogens is 358 g/mol. The molecule has 1 aromatic carbocycles. The summed E-state index contributed by atoms with van der Waals surface area (Å²) in [6, 6.07) is 5.87. The molecule has 0 bridgehead atoms. The molecule has 1 aliphatic heterocycles. The highest BCUT2D eigenvalue weighted by Crippen LogP contribution is 2.32. The number of halogens is 1. The van der Waals surface area contributed by atoms with E-state index in [1.54, 1.807) is 52.1 Å². The van der Waals surface area contributed by atoms with E-state index in [2.05, 4.69) is 10.6 Å². The number of anilines is 1. The number of nitrogens with one attached hydrogen (secondary N) is 2. The first-order chi connectivity index (χ1) is 12.2. The van der Waals surface area contributed by atoms with Crippen LogP contribution in [0.2, 0.25) is 0 Å². The Morgan fingerprint density at radius 2 is 2.08 bits per heavy atom. The molecular formula is C18H22ClN3O4. The fourth-order valence-corrected chi connectivity index (χ4v) is 2.68. The number of ether oxygens (including phenoxy) is 1. The minimum atomic E-state index is -0.683. The van der Waals surface area contributed by atoms with Gasteiger partial charge >= 0.3 is 12.0 Å². The second-order valence-corrected chi connectivity index (χ2v) is 6.47. The Kier molecular flexibility index (Phi) is 6.26. The van der Waals surface area contributed by atoms with E-state index in [0.29, 0.717) is 22.5 Å². The monoisotopic (exact) mass is 379 g/mol. The van der Waals surface area contributed by atoms with Gasteiger partial charge in [-0.05, 0) is 38.5 Å². The molecule has 1 aromatic rings. The van der Waals surface area contributed by atoms with Crippen molar-refractivity contribution in [2.75, 3.05) is 18.2 Å². The predicted octanol–water partition coefficient (Wildman–Crippen LogP) is 2.79. The summed E-state index contributed by atoms with van der Waals surface area (Å²) in [7, 11) is 1.58. The Bertz CT molecular complexity index is 761. The van der Waals surface area contributed by atoms with E-state index in [9.17, 15) is 14.4 Å². The topological polar surface area (TPSA) is 87.7 Å². The zero-order chi connectivity index (χ0) is 19.4. The Labute approximate surface area is 157 Å². The molecule has 2 N–H and O–H groups in total. The molecule has 0 aliphatic carbocycles. The van der Waals surface area contributed by atoms with E-state index in [0.717, 1.165) is 0 Å². The lowest BCUT2D eigenvalue weighted by Gasteiger charge is -2.33. The van der Waals surface area contributed by atoms with Crippen LogP contribution in [0.3, 0.4) is 0 Å². The minimum Gasteiger partial charge on any atom is -0.459 e. The molecule has 140 valence electrons. The number of alkyl halides is 1. The van der Waals surface area contributed by atoms with Crippen LogP contribution in [-0.2, 0) is 14.3 Å². The number of urea groups is 1. The van der Waals surface area contributed by atoms with Crippen LogP contribution in [0.4, 0.5) is 10.5 Å². The van der Waals surface area contributed by atoms with Gasteiger partial charge in [0.15, 0.2) is 0 Å². The molecule has 0 aromatic heterocycles. The highest BCUT2D eigenvalue weighted by Gasteiger charge is 2.35. The number of allylic oxidation sites excluding steroid dienone is 1. The Hall–Kier alpha value is -2.54. The summed E-state index contributed by atoms with van der Waals surface area (Å²) in [6.45, 7) is 5.22. The molecule has 1 aliphatic rings. The molecule has 2 rings (SSSR count). The number of benzene rings is 1. The fraction of sp³-hybridized carbons (Fsp3) is 0.389. The van der Waals surface area contributed by atoms with Gasteiger partial charge < -0.3 is 20.3 Å². The van der Waals surface area contributed by atoms with Gasteiger partial charge in [-0.3, -0.25) is 4.79 Å². The molecule has 26 heavy (non-hydrogen) atoms. The van der Waals surface area contributed by atoms with Crippen molar-refractivity contribution >= 4 is 35.2 Å². The summed E-state index contributed by atoms with van der Waals surface area (Å²) in [5, 5.41) is 5.45. The Balaban J connectivity index is 2.44. The van der Waals surface area contributed by atoms with Crippen molar-refractivity contribution in [1.29, 1.82) is 0 Å². The van der Waals surface area contributed by atoms with Crippen LogP contribution in [0.25, 0.3) is 0 Å². The van der Waals surface area contributed by atoms with Crippen LogP contribution in [0, 0.1) is 0 Å².